The molecule has 7 heteroatoms. The van der Waals surface area contributed by atoms with Gasteiger partial charge in [-0.15, -0.1) is 0 Å². The quantitative estimate of drug-likeness (QED) is 0.785. The molecule has 1 N–H and O–H groups in total. The Morgan fingerprint density at radius 1 is 1.33 bits per heavy atom. The van der Waals surface area contributed by atoms with E-state index in [0.29, 0.717) is 0 Å². The third kappa shape index (κ3) is 1.93. The number of halogens is 4. The second-order valence-corrected chi connectivity index (χ2v) is 5.69. The number of carbonyl (C=O) groups excluding carboxylic acids is 1. The maximum atomic E-state index is 13.3. The van der Waals surface area contributed by atoms with E-state index in [-0.39, 0.29) is 0 Å². The lowest BCUT2D eigenvalue weighted by molar-refractivity contribution is -0.358. The van der Waals surface area contributed by atoms with Gasteiger partial charge in [-0.3, -0.25) is 4.79 Å². The van der Waals surface area contributed by atoms with Gasteiger partial charge in [0.2, 0.25) is 5.79 Å². The molecule has 0 aliphatic carbocycles. The summed E-state index contributed by atoms with van der Waals surface area (Å²) in [6, 6.07) is 0. The van der Waals surface area contributed by atoms with E-state index in [4.69, 9.17) is 4.74 Å². The molecule has 0 bridgehead atoms. The molecule has 1 rings (SSSR count). The standard InChI is InChI=1S/C11H16F4O3/c1-8(2,3)9(4)6(16)5-10(17,18-9)11(14,15)7(12)13/h7,17H,5H2,1-4H3/t9-,10+/m0/s1. The zero-order valence-corrected chi connectivity index (χ0v) is 10.6. The third-order valence-electron chi connectivity index (χ3n) is 3.53. The summed E-state index contributed by atoms with van der Waals surface area (Å²) >= 11 is 0. The fourth-order valence-corrected chi connectivity index (χ4v) is 1.74. The van der Waals surface area contributed by atoms with E-state index >= 15 is 0 Å². The molecular weight excluding hydrogens is 256 g/mol. The van der Waals surface area contributed by atoms with E-state index in [0.717, 1.165) is 0 Å². The highest BCUT2D eigenvalue weighted by atomic mass is 19.3. The first-order valence-corrected chi connectivity index (χ1v) is 5.40. The lowest BCUT2D eigenvalue weighted by atomic mass is 9.75. The van der Waals surface area contributed by atoms with Crippen LogP contribution in [0.1, 0.15) is 34.1 Å². The first-order valence-electron chi connectivity index (χ1n) is 5.40. The van der Waals surface area contributed by atoms with Crippen molar-refractivity contribution in [3.63, 3.8) is 0 Å². The van der Waals surface area contributed by atoms with E-state index < -0.39 is 41.4 Å². The van der Waals surface area contributed by atoms with Crippen molar-refractivity contribution in [3.8, 4) is 0 Å². The van der Waals surface area contributed by atoms with Crippen LogP contribution in [-0.2, 0) is 9.53 Å². The molecule has 0 radical (unpaired) electrons. The topological polar surface area (TPSA) is 46.5 Å². The number of rotatable bonds is 2. The van der Waals surface area contributed by atoms with Crippen LogP contribution in [-0.4, -0.2) is 34.6 Å². The third-order valence-corrected chi connectivity index (χ3v) is 3.53. The highest BCUT2D eigenvalue weighted by molar-refractivity contribution is 5.90. The summed E-state index contributed by atoms with van der Waals surface area (Å²) in [5.74, 6) is -9.08. The first-order chi connectivity index (χ1) is 7.78. The molecule has 1 heterocycles. The molecule has 0 amide bonds. The summed E-state index contributed by atoms with van der Waals surface area (Å²) in [5, 5.41) is 9.59. The van der Waals surface area contributed by atoms with Crippen LogP contribution < -0.4 is 0 Å². The van der Waals surface area contributed by atoms with Gasteiger partial charge in [-0.25, -0.2) is 8.78 Å². The van der Waals surface area contributed by atoms with Crippen LogP contribution in [0.5, 0.6) is 0 Å². The number of alkyl halides is 4. The van der Waals surface area contributed by atoms with Gasteiger partial charge in [-0.05, 0) is 12.3 Å². The Hall–Kier alpha value is -0.690. The van der Waals surface area contributed by atoms with Crippen molar-refractivity contribution in [2.24, 2.45) is 5.41 Å². The predicted octanol–water partition coefficient (Wildman–Crippen LogP) is 2.37. The molecule has 0 aromatic carbocycles. The molecule has 0 aromatic heterocycles. The summed E-state index contributed by atoms with van der Waals surface area (Å²) in [7, 11) is 0. The minimum Gasteiger partial charge on any atom is -0.360 e. The van der Waals surface area contributed by atoms with Gasteiger partial charge in [0.15, 0.2) is 5.78 Å². The van der Waals surface area contributed by atoms with Crippen molar-refractivity contribution >= 4 is 5.78 Å². The van der Waals surface area contributed by atoms with E-state index in [1.165, 1.54) is 27.7 Å². The van der Waals surface area contributed by atoms with Crippen LogP contribution in [0.3, 0.4) is 0 Å². The number of ketones is 1. The molecular formula is C11H16F4O3. The van der Waals surface area contributed by atoms with E-state index in [9.17, 15) is 27.5 Å². The number of hydrogen-bond donors (Lipinski definition) is 1. The summed E-state index contributed by atoms with van der Waals surface area (Å²) in [6.45, 7) is 5.83. The van der Waals surface area contributed by atoms with Gasteiger partial charge >= 0.3 is 12.3 Å². The van der Waals surface area contributed by atoms with Crippen LogP contribution >= 0.6 is 0 Å². The smallest absolute Gasteiger partial charge is 0.360 e. The van der Waals surface area contributed by atoms with Crippen LogP contribution in [0.15, 0.2) is 0 Å². The van der Waals surface area contributed by atoms with Gasteiger partial charge in [0.25, 0.3) is 0 Å². The van der Waals surface area contributed by atoms with Gasteiger partial charge in [-0.2, -0.15) is 8.78 Å². The minimum absolute atomic E-state index is 0.821. The Morgan fingerprint density at radius 2 is 1.78 bits per heavy atom. The first kappa shape index (κ1) is 15.4. The molecule has 1 saturated heterocycles. The molecule has 0 spiro atoms. The number of hydrogen-bond acceptors (Lipinski definition) is 3. The molecule has 1 fully saturated rings. The van der Waals surface area contributed by atoms with Gasteiger partial charge < -0.3 is 9.84 Å². The number of Topliss-reactive ketones (excluding diaryl/α,β-unsaturated/α-hetero) is 1. The van der Waals surface area contributed by atoms with Crippen molar-refractivity contribution < 1.29 is 32.2 Å². The highest BCUT2D eigenvalue weighted by Crippen LogP contribution is 2.51. The zero-order valence-electron chi connectivity index (χ0n) is 10.6. The molecule has 1 aliphatic rings. The Kier molecular flexibility index (Phi) is 3.33. The van der Waals surface area contributed by atoms with Crippen LogP contribution in [0.2, 0.25) is 0 Å². The lowest BCUT2D eigenvalue weighted by Crippen LogP contribution is -2.55. The van der Waals surface area contributed by atoms with E-state index in [2.05, 4.69) is 0 Å². The number of ether oxygens (including phenoxy) is 1. The van der Waals surface area contributed by atoms with Crippen LogP contribution in [0.4, 0.5) is 17.6 Å². The molecule has 0 unspecified atom stereocenters. The van der Waals surface area contributed by atoms with Crippen molar-refractivity contribution in [3.05, 3.63) is 0 Å². The number of aliphatic hydroxyl groups is 1. The summed E-state index contributed by atoms with van der Waals surface area (Å²) in [5.41, 5.74) is -2.65. The van der Waals surface area contributed by atoms with E-state index in [1.54, 1.807) is 0 Å². The molecule has 0 aromatic rings. The Morgan fingerprint density at radius 3 is 2.06 bits per heavy atom. The average Bonchev–Trinajstić information content (AvgIpc) is 2.38. The fourth-order valence-electron chi connectivity index (χ4n) is 1.74. The summed E-state index contributed by atoms with van der Waals surface area (Å²) in [6.07, 6.45) is -5.27. The minimum atomic E-state index is -4.80. The Bertz CT molecular complexity index is 364. The molecule has 3 nitrogen and oxygen atoms in total. The van der Waals surface area contributed by atoms with Crippen molar-refractivity contribution in [2.75, 3.05) is 0 Å². The van der Waals surface area contributed by atoms with Gasteiger partial charge in [0.1, 0.15) is 5.60 Å². The highest BCUT2D eigenvalue weighted by Gasteiger charge is 2.70. The second-order valence-electron chi connectivity index (χ2n) is 5.69. The fraction of sp³-hybridized carbons (Fsp3) is 0.909. The Labute approximate surface area is 102 Å². The Balaban J connectivity index is 3.18. The second kappa shape index (κ2) is 3.90. The van der Waals surface area contributed by atoms with Gasteiger partial charge in [0.05, 0.1) is 6.42 Å². The van der Waals surface area contributed by atoms with Gasteiger partial charge in [-0.1, -0.05) is 20.8 Å². The SMILES string of the molecule is CC(C)(C)[C@@]1(C)O[C@@](O)(C(F)(F)C(F)F)CC1=O. The monoisotopic (exact) mass is 272 g/mol. The zero-order chi connectivity index (χ0) is 14.6. The lowest BCUT2D eigenvalue weighted by Gasteiger charge is -2.39. The van der Waals surface area contributed by atoms with Crippen LogP contribution in [0.25, 0.3) is 0 Å². The largest absolute Gasteiger partial charge is 0.360 e. The molecule has 0 saturated carbocycles. The molecule has 1 aliphatic heterocycles. The predicted molar refractivity (Wildman–Crippen MR) is 54.5 cm³/mol. The van der Waals surface area contributed by atoms with E-state index in [1.807, 2.05) is 0 Å². The normalized spacial score (nSPS) is 34.4. The maximum Gasteiger partial charge on any atom is 0.360 e. The van der Waals surface area contributed by atoms with Gasteiger partial charge in [0, 0.05) is 0 Å². The summed E-state index contributed by atoms with van der Waals surface area (Å²) in [4.78, 5) is 11.8. The molecule has 18 heavy (non-hydrogen) atoms. The van der Waals surface area contributed by atoms with Crippen LogP contribution in [0, 0.1) is 5.41 Å². The molecule has 106 valence electrons. The number of carbonyl (C=O) groups is 1. The summed E-state index contributed by atoms with van der Waals surface area (Å²) < 4.78 is 55.8. The average molecular weight is 272 g/mol. The van der Waals surface area contributed by atoms with Crippen molar-refractivity contribution in [1.29, 1.82) is 0 Å². The van der Waals surface area contributed by atoms with Crippen molar-refractivity contribution in [1.82, 2.24) is 0 Å². The molecule has 2 atom stereocenters. The van der Waals surface area contributed by atoms with Crippen molar-refractivity contribution in [2.45, 2.75) is 57.9 Å². The maximum absolute atomic E-state index is 13.3.